The van der Waals surface area contributed by atoms with Crippen LogP contribution in [-0.4, -0.2) is 57.2 Å². The molecule has 0 saturated carbocycles. The Bertz CT molecular complexity index is 598. The van der Waals surface area contributed by atoms with Gasteiger partial charge in [-0.05, 0) is 31.9 Å². The Morgan fingerprint density at radius 1 is 1.20 bits per heavy atom. The first-order valence-electron chi connectivity index (χ1n) is 8.68. The molecule has 1 aromatic rings. The van der Waals surface area contributed by atoms with Crippen LogP contribution in [0.1, 0.15) is 25.3 Å². The highest BCUT2D eigenvalue weighted by Gasteiger charge is 2.17. The molecule has 1 fully saturated rings. The molecule has 0 unspecified atom stereocenters. The van der Waals surface area contributed by atoms with E-state index in [-0.39, 0.29) is 12.5 Å². The van der Waals surface area contributed by atoms with Crippen molar-refractivity contribution in [2.24, 2.45) is 4.99 Å². The van der Waals surface area contributed by atoms with Gasteiger partial charge in [-0.3, -0.25) is 4.79 Å². The van der Waals surface area contributed by atoms with E-state index in [1.54, 1.807) is 14.2 Å². The summed E-state index contributed by atoms with van der Waals surface area (Å²) in [4.78, 5) is 18.6. The van der Waals surface area contributed by atoms with Crippen LogP contribution >= 0.6 is 0 Å². The molecule has 1 amide bonds. The van der Waals surface area contributed by atoms with Crippen LogP contribution in [0.4, 0.5) is 0 Å². The molecule has 0 spiro atoms. The average molecular weight is 348 g/mol. The van der Waals surface area contributed by atoms with Gasteiger partial charge in [0.05, 0.1) is 27.3 Å². The van der Waals surface area contributed by atoms with Crippen LogP contribution in [0, 0.1) is 0 Å². The van der Waals surface area contributed by atoms with E-state index < -0.39 is 0 Å². The van der Waals surface area contributed by atoms with Gasteiger partial charge in [0, 0.05) is 31.3 Å². The monoisotopic (exact) mass is 348 g/mol. The van der Waals surface area contributed by atoms with Gasteiger partial charge in [0.2, 0.25) is 5.91 Å². The Morgan fingerprint density at radius 2 is 1.96 bits per heavy atom. The smallest absolute Gasteiger partial charge is 0.241 e. The summed E-state index contributed by atoms with van der Waals surface area (Å²) in [6.45, 7) is 5.14. The van der Waals surface area contributed by atoms with Crippen molar-refractivity contribution in [1.29, 1.82) is 0 Å². The predicted molar refractivity (Wildman–Crippen MR) is 98.2 cm³/mol. The molecule has 7 nitrogen and oxygen atoms in total. The highest BCUT2D eigenvalue weighted by atomic mass is 16.5. The molecular weight excluding hydrogens is 320 g/mol. The lowest BCUT2D eigenvalue weighted by atomic mass is 10.2. The lowest BCUT2D eigenvalue weighted by Crippen LogP contribution is -2.44. The van der Waals surface area contributed by atoms with E-state index in [1.807, 2.05) is 30.0 Å². The number of ether oxygens (including phenoxy) is 2. The van der Waals surface area contributed by atoms with Crippen molar-refractivity contribution in [2.45, 2.75) is 26.3 Å². The predicted octanol–water partition coefficient (Wildman–Crippen LogP) is 1.38. The molecule has 1 aliphatic rings. The molecule has 1 aromatic carbocycles. The Kier molecular flexibility index (Phi) is 7.37. The second-order valence-corrected chi connectivity index (χ2v) is 5.81. The molecule has 1 heterocycles. The summed E-state index contributed by atoms with van der Waals surface area (Å²) >= 11 is 0. The number of benzene rings is 1. The Labute approximate surface area is 149 Å². The maximum atomic E-state index is 12.1. The van der Waals surface area contributed by atoms with Crippen molar-refractivity contribution in [3.8, 4) is 11.5 Å². The second-order valence-electron chi connectivity index (χ2n) is 5.81. The summed E-state index contributed by atoms with van der Waals surface area (Å²) in [5.74, 6) is 2.20. The molecule has 1 aliphatic heterocycles. The zero-order valence-electron chi connectivity index (χ0n) is 15.3. The second kappa shape index (κ2) is 9.76. The van der Waals surface area contributed by atoms with Gasteiger partial charge >= 0.3 is 0 Å². The fraction of sp³-hybridized carbons (Fsp3) is 0.556. The molecule has 0 aromatic heterocycles. The van der Waals surface area contributed by atoms with Crippen LogP contribution in [-0.2, 0) is 11.3 Å². The fourth-order valence-corrected chi connectivity index (χ4v) is 2.73. The van der Waals surface area contributed by atoms with Crippen molar-refractivity contribution >= 4 is 11.9 Å². The summed E-state index contributed by atoms with van der Waals surface area (Å²) in [5.41, 5.74) is 0.950. The number of guanidine groups is 1. The number of carbonyl (C=O) groups excluding carboxylic acids is 1. The van der Waals surface area contributed by atoms with Crippen molar-refractivity contribution in [3.63, 3.8) is 0 Å². The van der Waals surface area contributed by atoms with Crippen LogP contribution in [0.5, 0.6) is 11.5 Å². The summed E-state index contributed by atoms with van der Waals surface area (Å²) in [5, 5.41) is 6.27. The van der Waals surface area contributed by atoms with Gasteiger partial charge in [-0.2, -0.15) is 0 Å². The summed E-state index contributed by atoms with van der Waals surface area (Å²) in [6.07, 6.45) is 2.19. The number of likely N-dealkylation sites (tertiary alicyclic amines) is 1. The Morgan fingerprint density at radius 3 is 2.60 bits per heavy atom. The van der Waals surface area contributed by atoms with Gasteiger partial charge in [0.25, 0.3) is 0 Å². The highest BCUT2D eigenvalue weighted by molar-refractivity contribution is 5.86. The van der Waals surface area contributed by atoms with Crippen molar-refractivity contribution in [3.05, 3.63) is 23.8 Å². The maximum absolute atomic E-state index is 12.1. The lowest BCUT2D eigenvalue weighted by molar-refractivity contribution is -0.128. The third kappa shape index (κ3) is 5.55. The van der Waals surface area contributed by atoms with E-state index in [0.717, 1.165) is 49.5 Å². The number of nitrogens with one attached hydrogen (secondary N) is 2. The number of nitrogens with zero attached hydrogens (tertiary/aromatic N) is 2. The van der Waals surface area contributed by atoms with Gasteiger partial charge < -0.3 is 25.0 Å². The van der Waals surface area contributed by atoms with E-state index in [9.17, 15) is 4.79 Å². The Balaban J connectivity index is 1.97. The maximum Gasteiger partial charge on any atom is 0.241 e. The molecule has 2 rings (SSSR count). The minimum Gasteiger partial charge on any atom is -0.497 e. The molecule has 7 heteroatoms. The molecule has 25 heavy (non-hydrogen) atoms. The third-order valence-corrected chi connectivity index (χ3v) is 4.11. The number of carbonyl (C=O) groups is 1. The van der Waals surface area contributed by atoms with Crippen LogP contribution < -0.4 is 20.1 Å². The van der Waals surface area contributed by atoms with E-state index >= 15 is 0 Å². The van der Waals surface area contributed by atoms with Gasteiger partial charge in [-0.1, -0.05) is 0 Å². The summed E-state index contributed by atoms with van der Waals surface area (Å²) < 4.78 is 10.6. The van der Waals surface area contributed by atoms with E-state index in [1.165, 1.54) is 0 Å². The molecule has 0 bridgehead atoms. The molecule has 0 aliphatic carbocycles. The van der Waals surface area contributed by atoms with Gasteiger partial charge in [-0.15, -0.1) is 0 Å². The van der Waals surface area contributed by atoms with Crippen molar-refractivity contribution in [2.75, 3.05) is 40.4 Å². The highest BCUT2D eigenvalue weighted by Crippen LogP contribution is 2.25. The molecule has 0 radical (unpaired) electrons. The number of methoxy groups -OCH3 is 2. The SMILES string of the molecule is CCNC(=NCc1ccc(OC)cc1OC)NCC(=O)N1CCCC1. The van der Waals surface area contributed by atoms with Crippen LogP contribution in [0.15, 0.2) is 23.2 Å². The minimum absolute atomic E-state index is 0.116. The zero-order valence-corrected chi connectivity index (χ0v) is 15.3. The Hall–Kier alpha value is -2.44. The van der Waals surface area contributed by atoms with Crippen LogP contribution in [0.3, 0.4) is 0 Å². The molecule has 1 saturated heterocycles. The van der Waals surface area contributed by atoms with E-state index in [4.69, 9.17) is 9.47 Å². The first-order chi connectivity index (χ1) is 12.2. The number of aliphatic imine (C=N–C) groups is 1. The van der Waals surface area contributed by atoms with E-state index in [0.29, 0.717) is 12.5 Å². The molecular formula is C18H28N4O3. The molecule has 138 valence electrons. The summed E-state index contributed by atoms with van der Waals surface area (Å²) in [7, 11) is 3.25. The third-order valence-electron chi connectivity index (χ3n) is 4.11. The number of hydrogen-bond donors (Lipinski definition) is 2. The summed E-state index contributed by atoms with van der Waals surface area (Å²) in [6, 6.07) is 5.65. The molecule has 0 atom stereocenters. The van der Waals surface area contributed by atoms with Crippen molar-refractivity contribution in [1.82, 2.24) is 15.5 Å². The lowest BCUT2D eigenvalue weighted by Gasteiger charge is -2.17. The first kappa shape index (κ1) is 18.9. The standard InChI is InChI=1S/C18H28N4O3/c1-4-19-18(21-13-17(23)22-9-5-6-10-22)20-12-14-7-8-15(24-2)11-16(14)25-3/h7-8,11H,4-6,9-10,12-13H2,1-3H3,(H2,19,20,21). The number of hydrogen-bond acceptors (Lipinski definition) is 4. The van der Waals surface area contributed by atoms with Crippen LogP contribution in [0.2, 0.25) is 0 Å². The number of rotatable bonds is 7. The van der Waals surface area contributed by atoms with Gasteiger partial charge in [0.15, 0.2) is 5.96 Å². The van der Waals surface area contributed by atoms with Gasteiger partial charge in [-0.25, -0.2) is 4.99 Å². The minimum atomic E-state index is 0.116. The normalized spacial score (nSPS) is 14.4. The average Bonchev–Trinajstić information content (AvgIpc) is 3.18. The molecule has 2 N–H and O–H groups in total. The quantitative estimate of drug-likeness (QED) is 0.575. The largest absolute Gasteiger partial charge is 0.497 e. The first-order valence-corrected chi connectivity index (χ1v) is 8.68. The zero-order chi connectivity index (χ0) is 18.1. The number of amides is 1. The van der Waals surface area contributed by atoms with Crippen molar-refractivity contribution < 1.29 is 14.3 Å². The van der Waals surface area contributed by atoms with Gasteiger partial charge in [0.1, 0.15) is 11.5 Å². The van der Waals surface area contributed by atoms with Crippen LogP contribution in [0.25, 0.3) is 0 Å². The topological polar surface area (TPSA) is 75.2 Å². The fourth-order valence-electron chi connectivity index (χ4n) is 2.73. The van der Waals surface area contributed by atoms with E-state index in [2.05, 4.69) is 15.6 Å².